The molecule has 3 rings (SSSR count). The molecule has 6 heteroatoms. The molecule has 0 amide bonds. The summed E-state index contributed by atoms with van der Waals surface area (Å²) < 4.78 is 0. The molecule has 2 aliphatic rings. The fourth-order valence-electron chi connectivity index (χ4n) is 3.05. The number of aliphatic hydroxyl groups is 1. The Balaban J connectivity index is 0.00000121. The van der Waals surface area contributed by atoms with E-state index < -0.39 is 0 Å². The van der Waals surface area contributed by atoms with Gasteiger partial charge in [0.25, 0.3) is 0 Å². The summed E-state index contributed by atoms with van der Waals surface area (Å²) in [5.74, 6) is 0. The highest BCUT2D eigenvalue weighted by atomic mass is 35.5. The van der Waals surface area contributed by atoms with Crippen LogP contribution in [0.2, 0.25) is 5.02 Å². The molecule has 0 saturated carbocycles. The van der Waals surface area contributed by atoms with E-state index in [4.69, 9.17) is 11.6 Å². The molecule has 0 bridgehead atoms. The molecular weight excluding hydrogens is 343 g/mol. The fraction of sp³-hybridized carbons (Fsp3) is 0.500. The molecule has 0 spiro atoms. The van der Waals surface area contributed by atoms with Crippen LogP contribution >= 0.6 is 36.4 Å². The highest BCUT2D eigenvalue weighted by Gasteiger charge is 2.20. The summed E-state index contributed by atoms with van der Waals surface area (Å²) in [5.41, 5.74) is 2.62. The van der Waals surface area contributed by atoms with Gasteiger partial charge < -0.3 is 15.3 Å². The monoisotopic (exact) mass is 364 g/mol. The van der Waals surface area contributed by atoms with E-state index in [-0.39, 0.29) is 37.0 Å². The number of hydrogen-bond acceptors (Lipinski definition) is 3. The van der Waals surface area contributed by atoms with E-state index in [1.165, 1.54) is 11.3 Å². The van der Waals surface area contributed by atoms with E-state index in [1.54, 1.807) is 0 Å². The normalized spacial score (nSPS) is 23.8. The number of halogens is 3. The Morgan fingerprint density at radius 3 is 2.95 bits per heavy atom. The second kappa shape index (κ2) is 8.99. The Labute approximate surface area is 149 Å². The molecule has 2 aliphatic heterocycles. The van der Waals surface area contributed by atoms with Crippen LogP contribution in [0.25, 0.3) is 0 Å². The zero-order chi connectivity index (χ0) is 13.9. The third kappa shape index (κ3) is 4.53. The van der Waals surface area contributed by atoms with Gasteiger partial charge in [-0.05, 0) is 49.6 Å². The van der Waals surface area contributed by atoms with Gasteiger partial charge in [-0.1, -0.05) is 23.8 Å². The third-order valence-corrected chi connectivity index (χ3v) is 4.41. The van der Waals surface area contributed by atoms with Gasteiger partial charge in [0.05, 0.1) is 12.1 Å². The molecule has 2 N–H and O–H groups in total. The van der Waals surface area contributed by atoms with Crippen molar-refractivity contribution in [3.05, 3.63) is 40.9 Å². The first kappa shape index (κ1) is 19.6. The summed E-state index contributed by atoms with van der Waals surface area (Å²) in [6.07, 6.45) is 7.05. The summed E-state index contributed by atoms with van der Waals surface area (Å²) in [7, 11) is 0. The SMILES string of the molecule is Cl.Cl.O[C@H]1CCCN[C@@H]1/C=C/CN1CCc2cc(Cl)ccc21. The van der Waals surface area contributed by atoms with Crippen LogP contribution in [0.1, 0.15) is 18.4 Å². The lowest BCUT2D eigenvalue weighted by molar-refractivity contribution is 0.115. The number of nitrogens with one attached hydrogen (secondary N) is 1. The molecule has 0 unspecified atom stereocenters. The summed E-state index contributed by atoms with van der Waals surface area (Å²) in [5, 5.41) is 14.1. The number of rotatable bonds is 3. The Kier molecular flexibility index (Phi) is 8.01. The topological polar surface area (TPSA) is 35.5 Å². The number of piperidine rings is 1. The molecule has 1 saturated heterocycles. The van der Waals surface area contributed by atoms with Crippen molar-refractivity contribution >= 4 is 42.1 Å². The van der Waals surface area contributed by atoms with Crippen molar-refractivity contribution in [2.45, 2.75) is 31.4 Å². The molecule has 2 atom stereocenters. The summed E-state index contributed by atoms with van der Waals surface area (Å²) in [6, 6.07) is 6.23. The average Bonchev–Trinajstić information content (AvgIpc) is 2.83. The van der Waals surface area contributed by atoms with Gasteiger partial charge in [-0.3, -0.25) is 0 Å². The highest BCUT2D eigenvalue weighted by Crippen LogP contribution is 2.30. The Bertz CT molecular complexity index is 510. The number of hydrogen-bond donors (Lipinski definition) is 2. The number of fused-ring (bicyclic) bond motifs is 1. The van der Waals surface area contributed by atoms with Crippen LogP contribution in [0.15, 0.2) is 30.4 Å². The van der Waals surface area contributed by atoms with E-state index in [1.807, 2.05) is 6.07 Å². The van der Waals surface area contributed by atoms with E-state index in [9.17, 15) is 5.11 Å². The molecule has 1 aromatic rings. The molecule has 1 fully saturated rings. The summed E-state index contributed by atoms with van der Waals surface area (Å²) in [4.78, 5) is 2.36. The quantitative estimate of drug-likeness (QED) is 0.807. The van der Waals surface area contributed by atoms with Crippen LogP contribution in [0.4, 0.5) is 5.69 Å². The van der Waals surface area contributed by atoms with Crippen molar-refractivity contribution in [1.29, 1.82) is 0 Å². The lowest BCUT2D eigenvalue weighted by Gasteiger charge is -2.26. The van der Waals surface area contributed by atoms with Crippen LogP contribution in [0, 0.1) is 0 Å². The van der Waals surface area contributed by atoms with E-state index in [0.717, 1.165) is 43.9 Å². The molecule has 124 valence electrons. The van der Waals surface area contributed by atoms with Gasteiger partial charge in [-0.15, -0.1) is 24.8 Å². The first-order valence-corrected chi connectivity index (χ1v) is 7.73. The first-order chi connectivity index (χ1) is 9.74. The lowest BCUT2D eigenvalue weighted by Crippen LogP contribution is -2.43. The predicted octanol–water partition coefficient (Wildman–Crippen LogP) is 3.22. The van der Waals surface area contributed by atoms with Gasteiger partial charge in [0.1, 0.15) is 0 Å². The highest BCUT2D eigenvalue weighted by molar-refractivity contribution is 6.30. The molecule has 1 aromatic carbocycles. The minimum absolute atomic E-state index is 0. The molecule has 0 aliphatic carbocycles. The van der Waals surface area contributed by atoms with Gasteiger partial charge in [-0.2, -0.15) is 0 Å². The van der Waals surface area contributed by atoms with Gasteiger partial charge in [0.15, 0.2) is 0 Å². The van der Waals surface area contributed by atoms with Crippen molar-refractivity contribution < 1.29 is 5.11 Å². The van der Waals surface area contributed by atoms with E-state index in [2.05, 4.69) is 34.5 Å². The number of anilines is 1. The smallest absolute Gasteiger partial charge is 0.0729 e. The third-order valence-electron chi connectivity index (χ3n) is 4.17. The average molecular weight is 366 g/mol. The van der Waals surface area contributed by atoms with E-state index in [0.29, 0.717) is 0 Å². The molecule has 0 radical (unpaired) electrons. The molecule has 0 aromatic heterocycles. The fourth-order valence-corrected chi connectivity index (χ4v) is 3.25. The predicted molar refractivity (Wildman–Crippen MR) is 98.0 cm³/mol. The molecule has 2 heterocycles. The van der Waals surface area contributed by atoms with E-state index >= 15 is 0 Å². The molecule has 22 heavy (non-hydrogen) atoms. The minimum Gasteiger partial charge on any atom is -0.391 e. The Hall–Kier alpha value is -0.450. The van der Waals surface area contributed by atoms with Crippen LogP contribution in [0.5, 0.6) is 0 Å². The zero-order valence-corrected chi connectivity index (χ0v) is 14.8. The summed E-state index contributed by atoms with van der Waals surface area (Å²) in [6.45, 7) is 2.93. The van der Waals surface area contributed by atoms with Crippen molar-refractivity contribution in [3.8, 4) is 0 Å². The second-order valence-electron chi connectivity index (χ2n) is 5.59. The maximum atomic E-state index is 9.91. The van der Waals surface area contributed by atoms with Crippen LogP contribution in [-0.2, 0) is 6.42 Å². The zero-order valence-electron chi connectivity index (χ0n) is 12.4. The molecular formula is C16H23Cl3N2O. The number of benzene rings is 1. The van der Waals surface area contributed by atoms with Gasteiger partial charge in [0, 0.05) is 23.8 Å². The first-order valence-electron chi connectivity index (χ1n) is 7.35. The van der Waals surface area contributed by atoms with Gasteiger partial charge in [0.2, 0.25) is 0 Å². The van der Waals surface area contributed by atoms with Crippen LogP contribution < -0.4 is 10.2 Å². The van der Waals surface area contributed by atoms with Gasteiger partial charge >= 0.3 is 0 Å². The van der Waals surface area contributed by atoms with Crippen LogP contribution in [-0.4, -0.2) is 36.9 Å². The molecule has 3 nitrogen and oxygen atoms in total. The van der Waals surface area contributed by atoms with Gasteiger partial charge in [-0.25, -0.2) is 0 Å². The maximum absolute atomic E-state index is 9.91. The van der Waals surface area contributed by atoms with Crippen molar-refractivity contribution in [2.24, 2.45) is 0 Å². The Morgan fingerprint density at radius 2 is 2.18 bits per heavy atom. The second-order valence-corrected chi connectivity index (χ2v) is 6.02. The van der Waals surface area contributed by atoms with Crippen LogP contribution in [0.3, 0.4) is 0 Å². The number of aliphatic hydroxyl groups excluding tert-OH is 1. The number of nitrogens with zero attached hydrogens (tertiary/aromatic N) is 1. The summed E-state index contributed by atoms with van der Waals surface area (Å²) >= 11 is 6.02. The van der Waals surface area contributed by atoms with Crippen molar-refractivity contribution in [2.75, 3.05) is 24.5 Å². The van der Waals surface area contributed by atoms with Crippen molar-refractivity contribution in [1.82, 2.24) is 5.32 Å². The maximum Gasteiger partial charge on any atom is 0.0729 e. The standard InChI is InChI=1S/C16H21ClN2O.2ClH/c17-13-5-6-15-12(11-13)7-10-19(15)9-2-3-14-16(20)4-1-8-18-14;;/h2-3,5-6,11,14,16,18,20H,1,4,7-10H2;2*1H/b3-2+;;/t14-,16+;;/m1../s1. The van der Waals surface area contributed by atoms with Crippen molar-refractivity contribution in [3.63, 3.8) is 0 Å². The minimum atomic E-state index is -0.246. The largest absolute Gasteiger partial charge is 0.391 e. The lowest BCUT2D eigenvalue weighted by atomic mass is 10.0. The Morgan fingerprint density at radius 1 is 1.36 bits per heavy atom.